The number of aromatic nitrogens is 4. The van der Waals surface area contributed by atoms with Gasteiger partial charge in [-0.25, -0.2) is 22.5 Å². The topological polar surface area (TPSA) is 76.2 Å². The van der Waals surface area contributed by atoms with Crippen molar-refractivity contribution in [2.24, 2.45) is 0 Å². The van der Waals surface area contributed by atoms with Crippen LogP contribution >= 0.6 is 0 Å². The number of pyridine rings is 1. The second kappa shape index (κ2) is 9.74. The van der Waals surface area contributed by atoms with Crippen molar-refractivity contribution in [1.29, 1.82) is 0 Å². The van der Waals surface area contributed by atoms with Gasteiger partial charge in [0.25, 0.3) is 18.8 Å². The summed E-state index contributed by atoms with van der Waals surface area (Å²) in [4.78, 5) is 16.1. The molecule has 2 N–H and O–H groups in total. The number of rotatable bonds is 7. The Labute approximate surface area is 194 Å². The lowest BCUT2D eigenvalue weighted by Gasteiger charge is -2.30. The molecule has 0 bridgehead atoms. The van der Waals surface area contributed by atoms with Gasteiger partial charge in [0, 0.05) is 24.5 Å². The molecule has 1 aliphatic rings. The van der Waals surface area contributed by atoms with Crippen molar-refractivity contribution >= 4 is 17.4 Å². The molecule has 35 heavy (non-hydrogen) atoms. The third kappa shape index (κ3) is 5.68. The summed E-state index contributed by atoms with van der Waals surface area (Å²) in [6, 6.07) is 4.24. The first kappa shape index (κ1) is 24.8. The van der Waals surface area contributed by atoms with Crippen molar-refractivity contribution in [3.63, 3.8) is 0 Å². The highest BCUT2D eigenvalue weighted by Gasteiger charge is 2.34. The van der Waals surface area contributed by atoms with Crippen molar-refractivity contribution in [2.75, 3.05) is 5.32 Å². The van der Waals surface area contributed by atoms with Gasteiger partial charge in [-0.15, -0.1) is 0 Å². The van der Waals surface area contributed by atoms with Crippen molar-refractivity contribution in [3.05, 3.63) is 47.5 Å². The number of nitrogens with one attached hydrogen (secondary N) is 2. The Morgan fingerprint density at radius 2 is 1.74 bits per heavy atom. The van der Waals surface area contributed by atoms with Gasteiger partial charge >= 0.3 is 6.18 Å². The molecule has 3 aromatic heterocycles. The number of halogens is 7. The van der Waals surface area contributed by atoms with E-state index in [0.29, 0.717) is 36.2 Å². The molecular formula is C21H21F7N6O. The van der Waals surface area contributed by atoms with Crippen LogP contribution in [0, 0.1) is 0 Å². The Morgan fingerprint density at radius 1 is 1.06 bits per heavy atom. The normalized spacial score (nSPS) is 19.0. The smallest absolute Gasteiger partial charge is 0.368 e. The van der Waals surface area contributed by atoms with Crippen LogP contribution in [0.1, 0.15) is 53.9 Å². The number of hydrogen-bond donors (Lipinski definition) is 2. The molecule has 0 atom stereocenters. The van der Waals surface area contributed by atoms with E-state index >= 15 is 0 Å². The molecular weight excluding hydrogens is 485 g/mol. The molecule has 0 aliphatic heterocycles. The van der Waals surface area contributed by atoms with Gasteiger partial charge in [-0.2, -0.15) is 18.3 Å². The third-order valence-corrected chi connectivity index (χ3v) is 5.76. The average molecular weight is 506 g/mol. The molecule has 1 saturated carbocycles. The summed E-state index contributed by atoms with van der Waals surface area (Å²) in [5, 5.41) is 9.25. The van der Waals surface area contributed by atoms with E-state index in [-0.39, 0.29) is 17.7 Å². The summed E-state index contributed by atoms with van der Waals surface area (Å²) in [7, 11) is 0. The number of fused-ring (bicyclic) bond motifs is 1. The lowest BCUT2D eigenvalue weighted by molar-refractivity contribution is -0.140. The molecule has 0 saturated heterocycles. The first-order valence-corrected chi connectivity index (χ1v) is 10.8. The summed E-state index contributed by atoms with van der Waals surface area (Å²) in [6.45, 7) is -0.905. The summed E-state index contributed by atoms with van der Waals surface area (Å²) >= 11 is 0. The zero-order valence-electron chi connectivity index (χ0n) is 18.1. The van der Waals surface area contributed by atoms with Gasteiger partial charge in [0.15, 0.2) is 5.69 Å². The number of hydrogen-bond acceptors (Lipinski definition) is 4. The van der Waals surface area contributed by atoms with Crippen LogP contribution in [-0.4, -0.2) is 43.6 Å². The van der Waals surface area contributed by atoms with E-state index in [4.69, 9.17) is 0 Å². The van der Waals surface area contributed by atoms with Crippen LogP contribution in [0.2, 0.25) is 0 Å². The molecule has 1 amide bonds. The van der Waals surface area contributed by atoms with Gasteiger partial charge in [-0.05, 0) is 37.8 Å². The van der Waals surface area contributed by atoms with E-state index in [2.05, 4.69) is 20.7 Å². The Hall–Kier alpha value is -3.32. The van der Waals surface area contributed by atoms with E-state index in [9.17, 15) is 35.5 Å². The van der Waals surface area contributed by atoms with Crippen molar-refractivity contribution in [2.45, 2.75) is 63.3 Å². The number of amides is 1. The lowest BCUT2D eigenvalue weighted by Crippen LogP contribution is -2.40. The van der Waals surface area contributed by atoms with Gasteiger partial charge in [0.2, 0.25) is 0 Å². The molecule has 0 unspecified atom stereocenters. The average Bonchev–Trinajstić information content (AvgIpc) is 3.40. The zero-order valence-corrected chi connectivity index (χ0v) is 18.1. The molecule has 0 spiro atoms. The van der Waals surface area contributed by atoms with Gasteiger partial charge < -0.3 is 10.6 Å². The second-order valence-corrected chi connectivity index (χ2v) is 8.27. The van der Waals surface area contributed by atoms with Crippen molar-refractivity contribution in [1.82, 2.24) is 24.5 Å². The molecule has 1 aliphatic carbocycles. The first-order chi connectivity index (χ1) is 16.5. The van der Waals surface area contributed by atoms with Gasteiger partial charge in [-0.3, -0.25) is 13.9 Å². The van der Waals surface area contributed by atoms with Crippen molar-refractivity contribution in [3.8, 4) is 0 Å². The van der Waals surface area contributed by atoms with Crippen molar-refractivity contribution < 1.29 is 35.5 Å². The van der Waals surface area contributed by atoms with Gasteiger partial charge in [-0.1, -0.05) is 6.07 Å². The lowest BCUT2D eigenvalue weighted by atomic mass is 9.91. The fourth-order valence-corrected chi connectivity index (χ4v) is 4.13. The maximum Gasteiger partial charge on any atom is 0.434 e. The fourth-order valence-electron chi connectivity index (χ4n) is 4.13. The Bertz CT molecular complexity index is 1180. The van der Waals surface area contributed by atoms with Crippen LogP contribution in [-0.2, 0) is 12.7 Å². The van der Waals surface area contributed by atoms with Gasteiger partial charge in [0.1, 0.15) is 23.7 Å². The zero-order chi connectivity index (χ0) is 25.3. The molecule has 7 nitrogen and oxygen atoms in total. The van der Waals surface area contributed by atoms with Crippen LogP contribution in [0.4, 0.5) is 36.6 Å². The van der Waals surface area contributed by atoms with E-state index in [0.717, 1.165) is 12.4 Å². The molecule has 4 rings (SSSR count). The standard InChI is InChI=1S/C21H21F7N6O/c22-15(23)10-33-8-13(18(32-33)19(24)25)20(35)30-12-6-4-11(5-7-12)29-16-2-1-3-17-31-14(9-34(16)17)21(26,27)28/h1-3,8-9,11-12,15,19,29H,4-7,10H2,(H,30,35)/t11-,12+. The summed E-state index contributed by atoms with van der Waals surface area (Å²) in [5.41, 5.74) is -2.16. The SMILES string of the molecule is O=C(N[C@H]1CC[C@@H](Nc2cccc3nc(C(F)(F)F)cn23)CC1)c1cn(CC(F)F)nc1C(F)F. The highest BCUT2D eigenvalue weighted by atomic mass is 19.4. The Balaban J connectivity index is 1.37. The van der Waals surface area contributed by atoms with Crippen LogP contribution in [0.5, 0.6) is 0 Å². The van der Waals surface area contributed by atoms with E-state index < -0.39 is 48.4 Å². The van der Waals surface area contributed by atoms with Crippen LogP contribution in [0.25, 0.3) is 5.65 Å². The molecule has 3 aromatic rings. The van der Waals surface area contributed by atoms with E-state index in [1.807, 2.05) is 0 Å². The highest BCUT2D eigenvalue weighted by Crippen LogP contribution is 2.30. The number of nitrogens with zero attached hydrogens (tertiary/aromatic N) is 4. The molecule has 14 heteroatoms. The Morgan fingerprint density at radius 3 is 2.37 bits per heavy atom. The monoisotopic (exact) mass is 506 g/mol. The quantitative estimate of drug-likeness (QED) is 0.447. The number of alkyl halides is 7. The minimum absolute atomic E-state index is 0.101. The largest absolute Gasteiger partial charge is 0.434 e. The predicted molar refractivity (Wildman–Crippen MR) is 111 cm³/mol. The number of imidazole rings is 1. The summed E-state index contributed by atoms with van der Waals surface area (Å²) in [6.07, 6.45) is -6.62. The number of carbonyl (C=O) groups excluding carboxylic acids is 1. The molecule has 190 valence electrons. The maximum absolute atomic E-state index is 13.2. The highest BCUT2D eigenvalue weighted by molar-refractivity contribution is 5.95. The molecule has 0 radical (unpaired) electrons. The summed E-state index contributed by atoms with van der Waals surface area (Å²) < 4.78 is 92.5. The van der Waals surface area contributed by atoms with Crippen LogP contribution < -0.4 is 10.6 Å². The molecule has 3 heterocycles. The fraction of sp³-hybridized carbons (Fsp3) is 0.476. The van der Waals surface area contributed by atoms with E-state index in [1.54, 1.807) is 12.1 Å². The molecule has 0 aromatic carbocycles. The first-order valence-electron chi connectivity index (χ1n) is 10.8. The maximum atomic E-state index is 13.2. The number of anilines is 1. The van der Waals surface area contributed by atoms with Crippen LogP contribution in [0.15, 0.2) is 30.6 Å². The third-order valence-electron chi connectivity index (χ3n) is 5.76. The predicted octanol–water partition coefficient (Wildman–Crippen LogP) is 4.91. The van der Waals surface area contributed by atoms with Gasteiger partial charge in [0.05, 0.1) is 5.56 Å². The Kier molecular flexibility index (Phi) is 6.90. The summed E-state index contributed by atoms with van der Waals surface area (Å²) in [5.74, 6) is -0.383. The molecule has 1 fully saturated rings. The minimum Gasteiger partial charge on any atom is -0.368 e. The van der Waals surface area contributed by atoms with Crippen LogP contribution in [0.3, 0.4) is 0 Å². The van der Waals surface area contributed by atoms with E-state index in [1.165, 1.54) is 10.5 Å². The number of carbonyl (C=O) groups is 1. The second-order valence-electron chi connectivity index (χ2n) is 8.27. The minimum atomic E-state index is -4.57.